The minimum absolute atomic E-state index is 0.0392. The Morgan fingerprint density at radius 3 is 2.60 bits per heavy atom. The van der Waals surface area contributed by atoms with E-state index in [1.807, 2.05) is 50.2 Å². The number of nitrogens with one attached hydrogen (secondary N) is 1. The third-order valence-corrected chi connectivity index (χ3v) is 4.64. The SMILES string of the molecule is Cc1ccc(CN2CC(C(=O)NC(C)c3ccncc3)CC2=O)cc1. The van der Waals surface area contributed by atoms with E-state index in [2.05, 4.69) is 10.3 Å². The zero-order valence-electron chi connectivity index (χ0n) is 14.6. The molecule has 2 amide bonds. The molecule has 130 valence electrons. The second-order valence-electron chi connectivity index (χ2n) is 6.67. The maximum absolute atomic E-state index is 12.5. The van der Waals surface area contributed by atoms with Gasteiger partial charge < -0.3 is 10.2 Å². The van der Waals surface area contributed by atoms with Gasteiger partial charge in [0.25, 0.3) is 0 Å². The third-order valence-electron chi connectivity index (χ3n) is 4.64. The number of carbonyl (C=O) groups is 2. The van der Waals surface area contributed by atoms with E-state index < -0.39 is 0 Å². The number of hydrogen-bond donors (Lipinski definition) is 1. The first-order valence-electron chi connectivity index (χ1n) is 8.56. The molecule has 1 N–H and O–H groups in total. The Bertz CT molecular complexity index is 743. The van der Waals surface area contributed by atoms with Crippen molar-refractivity contribution in [3.63, 3.8) is 0 Å². The molecule has 0 spiro atoms. The van der Waals surface area contributed by atoms with Gasteiger partial charge in [0.15, 0.2) is 0 Å². The summed E-state index contributed by atoms with van der Waals surface area (Å²) in [6.07, 6.45) is 3.70. The van der Waals surface area contributed by atoms with Crippen LogP contribution in [0.15, 0.2) is 48.8 Å². The molecule has 0 saturated carbocycles. The molecule has 1 aliphatic rings. The molecule has 2 aromatic rings. The molecule has 5 nitrogen and oxygen atoms in total. The lowest BCUT2D eigenvalue weighted by molar-refractivity contribution is -0.129. The fourth-order valence-electron chi connectivity index (χ4n) is 3.08. The van der Waals surface area contributed by atoms with Crippen molar-refractivity contribution in [2.75, 3.05) is 6.54 Å². The molecule has 2 heterocycles. The third kappa shape index (κ3) is 4.24. The summed E-state index contributed by atoms with van der Waals surface area (Å²) in [5.74, 6) is -0.316. The van der Waals surface area contributed by atoms with Crippen LogP contribution in [0.25, 0.3) is 0 Å². The topological polar surface area (TPSA) is 62.3 Å². The minimum atomic E-state index is -0.290. The number of aromatic nitrogens is 1. The van der Waals surface area contributed by atoms with E-state index in [4.69, 9.17) is 0 Å². The van der Waals surface area contributed by atoms with Gasteiger partial charge in [-0.15, -0.1) is 0 Å². The van der Waals surface area contributed by atoms with Crippen LogP contribution >= 0.6 is 0 Å². The second kappa shape index (κ2) is 7.47. The van der Waals surface area contributed by atoms with E-state index in [1.165, 1.54) is 5.56 Å². The van der Waals surface area contributed by atoms with Gasteiger partial charge in [0.2, 0.25) is 11.8 Å². The van der Waals surface area contributed by atoms with Gasteiger partial charge in [-0.05, 0) is 37.1 Å². The molecular formula is C20H23N3O2. The van der Waals surface area contributed by atoms with Crippen LogP contribution in [0.3, 0.4) is 0 Å². The van der Waals surface area contributed by atoms with Crippen molar-refractivity contribution < 1.29 is 9.59 Å². The van der Waals surface area contributed by atoms with Gasteiger partial charge in [0, 0.05) is 31.9 Å². The van der Waals surface area contributed by atoms with Crippen LogP contribution < -0.4 is 5.32 Å². The van der Waals surface area contributed by atoms with Gasteiger partial charge >= 0.3 is 0 Å². The number of rotatable bonds is 5. The summed E-state index contributed by atoms with van der Waals surface area (Å²) in [7, 11) is 0. The maximum Gasteiger partial charge on any atom is 0.225 e. The molecule has 5 heteroatoms. The monoisotopic (exact) mass is 337 g/mol. The number of hydrogen-bond acceptors (Lipinski definition) is 3. The summed E-state index contributed by atoms with van der Waals surface area (Å²) < 4.78 is 0. The summed E-state index contributed by atoms with van der Waals surface area (Å²) in [6, 6.07) is 11.8. The molecule has 3 rings (SSSR count). The molecule has 2 atom stereocenters. The lowest BCUT2D eigenvalue weighted by Crippen LogP contribution is -2.34. The fourth-order valence-corrected chi connectivity index (χ4v) is 3.08. The van der Waals surface area contributed by atoms with Gasteiger partial charge in [0.05, 0.1) is 12.0 Å². The molecule has 1 aromatic carbocycles. The minimum Gasteiger partial charge on any atom is -0.349 e. The molecule has 0 aliphatic carbocycles. The summed E-state index contributed by atoms with van der Waals surface area (Å²) in [5, 5.41) is 3.00. The maximum atomic E-state index is 12.5. The number of amides is 2. The van der Waals surface area contributed by atoms with E-state index in [0.29, 0.717) is 13.1 Å². The molecular weight excluding hydrogens is 314 g/mol. The number of pyridine rings is 1. The summed E-state index contributed by atoms with van der Waals surface area (Å²) in [6.45, 7) is 5.01. The first-order chi connectivity index (χ1) is 12.0. The van der Waals surface area contributed by atoms with Crippen LogP contribution in [0.2, 0.25) is 0 Å². The summed E-state index contributed by atoms with van der Waals surface area (Å²) >= 11 is 0. The highest BCUT2D eigenvalue weighted by Gasteiger charge is 2.34. The quantitative estimate of drug-likeness (QED) is 0.912. The molecule has 25 heavy (non-hydrogen) atoms. The Kier molecular flexibility index (Phi) is 5.12. The molecule has 1 aromatic heterocycles. The van der Waals surface area contributed by atoms with Crippen molar-refractivity contribution in [3.8, 4) is 0 Å². The van der Waals surface area contributed by atoms with E-state index in [0.717, 1.165) is 11.1 Å². The number of nitrogens with zero attached hydrogens (tertiary/aromatic N) is 2. The van der Waals surface area contributed by atoms with Gasteiger partial charge in [-0.25, -0.2) is 0 Å². The van der Waals surface area contributed by atoms with Gasteiger partial charge in [-0.2, -0.15) is 0 Å². The molecule has 0 bridgehead atoms. The van der Waals surface area contributed by atoms with Crippen LogP contribution in [0.5, 0.6) is 0 Å². The van der Waals surface area contributed by atoms with Gasteiger partial charge in [-0.3, -0.25) is 14.6 Å². The summed E-state index contributed by atoms with van der Waals surface area (Å²) in [5.41, 5.74) is 3.29. The van der Waals surface area contributed by atoms with Crippen LogP contribution in [-0.2, 0) is 16.1 Å². The van der Waals surface area contributed by atoms with Crippen LogP contribution in [0.4, 0.5) is 0 Å². The smallest absolute Gasteiger partial charge is 0.225 e. The summed E-state index contributed by atoms with van der Waals surface area (Å²) in [4.78, 5) is 30.5. The van der Waals surface area contributed by atoms with Crippen LogP contribution in [0.1, 0.15) is 36.1 Å². The average Bonchev–Trinajstić information content (AvgIpc) is 2.98. The molecule has 1 fully saturated rings. The Morgan fingerprint density at radius 1 is 1.24 bits per heavy atom. The first kappa shape index (κ1) is 17.1. The van der Waals surface area contributed by atoms with E-state index in [9.17, 15) is 9.59 Å². The normalized spacial score (nSPS) is 18.2. The highest BCUT2D eigenvalue weighted by atomic mass is 16.2. The predicted molar refractivity (Wildman–Crippen MR) is 95.5 cm³/mol. The van der Waals surface area contributed by atoms with Crippen molar-refractivity contribution >= 4 is 11.8 Å². The Labute approximate surface area is 148 Å². The van der Waals surface area contributed by atoms with Crippen LogP contribution in [0, 0.1) is 12.8 Å². The Hall–Kier alpha value is -2.69. The average molecular weight is 337 g/mol. The highest BCUT2D eigenvalue weighted by Crippen LogP contribution is 2.22. The number of carbonyl (C=O) groups excluding carboxylic acids is 2. The zero-order chi connectivity index (χ0) is 17.8. The highest BCUT2D eigenvalue weighted by molar-refractivity contribution is 5.89. The van der Waals surface area contributed by atoms with E-state index in [-0.39, 0.29) is 30.2 Å². The van der Waals surface area contributed by atoms with Crippen molar-refractivity contribution in [2.45, 2.75) is 32.9 Å². The predicted octanol–water partition coefficient (Wildman–Crippen LogP) is 2.62. The lowest BCUT2D eigenvalue weighted by Gasteiger charge is -2.19. The van der Waals surface area contributed by atoms with Crippen LogP contribution in [-0.4, -0.2) is 28.2 Å². The van der Waals surface area contributed by atoms with E-state index in [1.54, 1.807) is 17.3 Å². The molecule has 1 aliphatic heterocycles. The van der Waals surface area contributed by atoms with Crippen molar-refractivity contribution in [1.29, 1.82) is 0 Å². The molecule has 1 saturated heterocycles. The van der Waals surface area contributed by atoms with E-state index >= 15 is 0 Å². The standard InChI is InChI=1S/C20H23N3O2/c1-14-3-5-16(6-4-14)12-23-13-18(11-19(23)24)20(25)22-15(2)17-7-9-21-10-8-17/h3-10,15,18H,11-13H2,1-2H3,(H,22,25). The van der Waals surface area contributed by atoms with Crippen molar-refractivity contribution in [2.24, 2.45) is 5.92 Å². The Balaban J connectivity index is 1.58. The van der Waals surface area contributed by atoms with Crippen molar-refractivity contribution in [3.05, 3.63) is 65.5 Å². The van der Waals surface area contributed by atoms with Crippen molar-refractivity contribution in [1.82, 2.24) is 15.2 Å². The number of likely N-dealkylation sites (tertiary alicyclic amines) is 1. The Morgan fingerprint density at radius 2 is 1.92 bits per heavy atom. The van der Waals surface area contributed by atoms with Gasteiger partial charge in [-0.1, -0.05) is 29.8 Å². The first-order valence-corrected chi connectivity index (χ1v) is 8.56. The number of benzene rings is 1. The lowest BCUT2D eigenvalue weighted by atomic mass is 10.1. The fraction of sp³-hybridized carbons (Fsp3) is 0.350. The second-order valence-corrected chi connectivity index (χ2v) is 6.67. The molecule has 2 unspecified atom stereocenters. The zero-order valence-corrected chi connectivity index (χ0v) is 14.6. The largest absolute Gasteiger partial charge is 0.349 e. The molecule has 0 radical (unpaired) electrons. The van der Waals surface area contributed by atoms with Gasteiger partial charge in [0.1, 0.15) is 0 Å². The number of aryl methyl sites for hydroxylation is 1.